The fourth-order valence-corrected chi connectivity index (χ4v) is 4.42. The lowest BCUT2D eigenvalue weighted by Crippen LogP contribution is -2.07. The van der Waals surface area contributed by atoms with E-state index in [1.54, 1.807) is 11.3 Å². The second-order valence-corrected chi connectivity index (χ2v) is 7.89. The van der Waals surface area contributed by atoms with Gasteiger partial charge in [-0.15, -0.1) is 22.7 Å². The van der Waals surface area contributed by atoms with Gasteiger partial charge in [-0.1, -0.05) is 11.6 Å². The SMILES string of the molecule is NC(c1ccc(Cl)s1)c1cc(Br)c(Br)s1. The first kappa shape index (κ1) is 12.1. The predicted octanol–water partition coefficient (Wildman–Crippen LogP) is 5.04. The van der Waals surface area contributed by atoms with E-state index in [0.29, 0.717) is 0 Å². The maximum absolute atomic E-state index is 6.13. The fourth-order valence-electron chi connectivity index (χ4n) is 1.15. The Morgan fingerprint density at radius 1 is 1.20 bits per heavy atom. The third kappa shape index (κ3) is 2.65. The summed E-state index contributed by atoms with van der Waals surface area (Å²) in [5.41, 5.74) is 6.13. The van der Waals surface area contributed by atoms with E-state index in [1.165, 1.54) is 11.3 Å². The quantitative estimate of drug-likeness (QED) is 0.768. The van der Waals surface area contributed by atoms with Crippen molar-refractivity contribution in [3.8, 4) is 0 Å². The first-order valence-corrected chi connectivity index (χ1v) is 7.63. The molecule has 0 saturated carbocycles. The molecule has 2 aromatic rings. The second kappa shape index (κ2) is 4.85. The van der Waals surface area contributed by atoms with E-state index >= 15 is 0 Å². The molecule has 0 aliphatic rings. The minimum absolute atomic E-state index is 0.0879. The molecule has 80 valence electrons. The maximum atomic E-state index is 6.13. The van der Waals surface area contributed by atoms with Crippen LogP contribution < -0.4 is 5.73 Å². The Morgan fingerprint density at radius 2 is 1.93 bits per heavy atom. The van der Waals surface area contributed by atoms with Crippen molar-refractivity contribution in [2.24, 2.45) is 5.73 Å². The molecule has 0 spiro atoms. The fraction of sp³-hybridized carbons (Fsp3) is 0.111. The smallest absolute Gasteiger partial charge is 0.0931 e. The summed E-state index contributed by atoms with van der Waals surface area (Å²) >= 11 is 15.9. The first-order valence-electron chi connectivity index (χ1n) is 4.03. The number of halogens is 3. The highest BCUT2D eigenvalue weighted by atomic mass is 79.9. The van der Waals surface area contributed by atoms with Gasteiger partial charge in [0.15, 0.2) is 0 Å². The molecule has 2 N–H and O–H groups in total. The van der Waals surface area contributed by atoms with Crippen molar-refractivity contribution in [1.82, 2.24) is 0 Å². The van der Waals surface area contributed by atoms with Gasteiger partial charge in [-0.2, -0.15) is 0 Å². The molecule has 0 bridgehead atoms. The second-order valence-electron chi connectivity index (χ2n) is 2.89. The lowest BCUT2D eigenvalue weighted by Gasteiger charge is -2.05. The van der Waals surface area contributed by atoms with Crippen LogP contribution in [0.1, 0.15) is 15.8 Å². The highest BCUT2D eigenvalue weighted by Gasteiger charge is 2.15. The van der Waals surface area contributed by atoms with E-state index in [-0.39, 0.29) is 6.04 Å². The molecule has 0 aliphatic heterocycles. The minimum atomic E-state index is -0.0879. The van der Waals surface area contributed by atoms with Crippen molar-refractivity contribution in [2.45, 2.75) is 6.04 Å². The first-order chi connectivity index (χ1) is 7.08. The van der Waals surface area contributed by atoms with Crippen LogP contribution in [0.25, 0.3) is 0 Å². The number of nitrogens with two attached hydrogens (primary N) is 1. The Labute approximate surface area is 118 Å². The van der Waals surface area contributed by atoms with Gasteiger partial charge in [-0.05, 0) is 50.1 Å². The summed E-state index contributed by atoms with van der Waals surface area (Å²) in [5.74, 6) is 0. The van der Waals surface area contributed by atoms with Crippen LogP contribution in [0.15, 0.2) is 26.5 Å². The number of hydrogen-bond acceptors (Lipinski definition) is 3. The van der Waals surface area contributed by atoms with Crippen molar-refractivity contribution < 1.29 is 0 Å². The minimum Gasteiger partial charge on any atom is -0.319 e. The Bertz CT molecular complexity index is 461. The summed E-state index contributed by atoms with van der Waals surface area (Å²) in [5, 5.41) is 0. The Balaban J connectivity index is 2.31. The molecule has 0 amide bonds. The van der Waals surface area contributed by atoms with Gasteiger partial charge in [0.05, 0.1) is 14.2 Å². The molecular formula is C9H6Br2ClNS2. The topological polar surface area (TPSA) is 26.0 Å². The van der Waals surface area contributed by atoms with Crippen LogP contribution in [-0.2, 0) is 0 Å². The average molecular weight is 388 g/mol. The van der Waals surface area contributed by atoms with Crippen molar-refractivity contribution >= 4 is 66.1 Å². The molecule has 0 radical (unpaired) electrons. The van der Waals surface area contributed by atoms with Crippen molar-refractivity contribution in [3.05, 3.63) is 40.5 Å². The Hall–Kier alpha value is 0.610. The van der Waals surface area contributed by atoms with E-state index in [0.717, 1.165) is 22.3 Å². The van der Waals surface area contributed by atoms with Gasteiger partial charge in [-0.25, -0.2) is 0 Å². The van der Waals surface area contributed by atoms with Crippen molar-refractivity contribution in [2.75, 3.05) is 0 Å². The lowest BCUT2D eigenvalue weighted by molar-refractivity contribution is 0.917. The summed E-state index contributed by atoms with van der Waals surface area (Å²) in [6.45, 7) is 0. The summed E-state index contributed by atoms with van der Waals surface area (Å²) < 4.78 is 2.88. The van der Waals surface area contributed by atoms with E-state index in [1.807, 2.05) is 18.2 Å². The molecule has 0 saturated heterocycles. The zero-order valence-electron chi connectivity index (χ0n) is 7.34. The highest BCUT2D eigenvalue weighted by Crippen LogP contribution is 2.38. The largest absolute Gasteiger partial charge is 0.319 e. The molecule has 0 aromatic carbocycles. The molecule has 1 unspecified atom stereocenters. The Kier molecular flexibility index (Phi) is 3.91. The molecular weight excluding hydrogens is 382 g/mol. The van der Waals surface area contributed by atoms with Crippen LogP contribution in [0.4, 0.5) is 0 Å². The van der Waals surface area contributed by atoms with Crippen molar-refractivity contribution in [3.63, 3.8) is 0 Å². The van der Waals surface area contributed by atoms with Gasteiger partial charge in [-0.3, -0.25) is 0 Å². The molecule has 1 nitrogen and oxygen atoms in total. The standard InChI is InChI=1S/C9H6Br2ClNS2/c10-4-3-6(15-9(4)11)8(13)5-1-2-7(12)14-5/h1-3,8H,13H2. The van der Waals surface area contributed by atoms with Gasteiger partial charge in [0, 0.05) is 14.2 Å². The third-order valence-electron chi connectivity index (χ3n) is 1.87. The molecule has 0 aliphatic carbocycles. The van der Waals surface area contributed by atoms with Crippen LogP contribution >= 0.6 is 66.1 Å². The lowest BCUT2D eigenvalue weighted by atomic mass is 10.2. The van der Waals surface area contributed by atoms with Gasteiger partial charge in [0.1, 0.15) is 0 Å². The molecule has 2 rings (SSSR count). The summed E-state index contributed by atoms with van der Waals surface area (Å²) in [6.07, 6.45) is 0. The number of rotatable bonds is 2. The van der Waals surface area contributed by atoms with Crippen LogP contribution in [0.3, 0.4) is 0 Å². The maximum Gasteiger partial charge on any atom is 0.0931 e. The van der Waals surface area contributed by atoms with Crippen LogP contribution in [-0.4, -0.2) is 0 Å². The van der Waals surface area contributed by atoms with Crippen LogP contribution in [0.2, 0.25) is 4.34 Å². The van der Waals surface area contributed by atoms with E-state index < -0.39 is 0 Å². The van der Waals surface area contributed by atoms with Gasteiger partial charge in [0.2, 0.25) is 0 Å². The van der Waals surface area contributed by atoms with Crippen LogP contribution in [0, 0.1) is 0 Å². The normalized spacial score (nSPS) is 13.1. The van der Waals surface area contributed by atoms with Gasteiger partial charge >= 0.3 is 0 Å². The zero-order chi connectivity index (χ0) is 11.0. The van der Waals surface area contributed by atoms with E-state index in [2.05, 4.69) is 31.9 Å². The molecule has 0 fully saturated rings. The predicted molar refractivity (Wildman–Crippen MR) is 75.1 cm³/mol. The number of hydrogen-bond donors (Lipinski definition) is 1. The summed E-state index contributed by atoms with van der Waals surface area (Å²) in [6, 6.07) is 5.79. The van der Waals surface area contributed by atoms with E-state index in [9.17, 15) is 0 Å². The molecule has 15 heavy (non-hydrogen) atoms. The summed E-state index contributed by atoms with van der Waals surface area (Å²) in [7, 11) is 0. The molecule has 1 atom stereocenters. The molecule has 2 heterocycles. The average Bonchev–Trinajstić information content (AvgIpc) is 2.74. The highest BCUT2D eigenvalue weighted by molar-refractivity contribution is 9.13. The third-order valence-corrected chi connectivity index (χ3v) is 6.52. The zero-order valence-corrected chi connectivity index (χ0v) is 12.9. The molecule has 6 heteroatoms. The van der Waals surface area contributed by atoms with Gasteiger partial charge in [0.25, 0.3) is 0 Å². The monoisotopic (exact) mass is 385 g/mol. The van der Waals surface area contributed by atoms with Gasteiger partial charge < -0.3 is 5.73 Å². The van der Waals surface area contributed by atoms with Crippen LogP contribution in [0.5, 0.6) is 0 Å². The molecule has 2 aromatic heterocycles. The summed E-state index contributed by atoms with van der Waals surface area (Å²) in [4.78, 5) is 2.20. The van der Waals surface area contributed by atoms with E-state index in [4.69, 9.17) is 17.3 Å². The number of thiophene rings is 2. The van der Waals surface area contributed by atoms with Crippen molar-refractivity contribution in [1.29, 1.82) is 0 Å². The Morgan fingerprint density at radius 3 is 2.40 bits per heavy atom.